The van der Waals surface area contributed by atoms with Crippen molar-refractivity contribution in [2.75, 3.05) is 19.6 Å². The molecule has 230 valence electrons. The van der Waals surface area contributed by atoms with E-state index >= 15 is 0 Å². The van der Waals surface area contributed by atoms with Crippen molar-refractivity contribution in [1.82, 2.24) is 4.90 Å². The van der Waals surface area contributed by atoms with Crippen LogP contribution in [-0.4, -0.2) is 80.6 Å². The highest BCUT2D eigenvalue weighted by Gasteiger charge is 2.76. The van der Waals surface area contributed by atoms with Crippen molar-refractivity contribution in [2.24, 2.45) is 10.8 Å². The molecule has 8 heteroatoms. The van der Waals surface area contributed by atoms with Crippen molar-refractivity contribution < 1.29 is 34.4 Å². The molecule has 3 fully saturated rings. The van der Waals surface area contributed by atoms with Crippen molar-refractivity contribution in [3.05, 3.63) is 54.1 Å². The van der Waals surface area contributed by atoms with Crippen LogP contribution in [0.3, 0.4) is 0 Å². The average molecular weight is 582 g/mol. The molecule has 6 atom stereocenters. The molecular formula is C34H47NO7. The van der Waals surface area contributed by atoms with Crippen LogP contribution in [0.25, 0.3) is 0 Å². The van der Waals surface area contributed by atoms with Crippen LogP contribution in [0.5, 0.6) is 5.75 Å². The number of hydrogen-bond acceptors (Lipinski definition) is 8. The smallest absolute Gasteiger partial charge is 0.307 e. The molecule has 5 rings (SSSR count). The molecule has 8 nitrogen and oxygen atoms in total. The molecule has 4 aliphatic rings. The summed E-state index contributed by atoms with van der Waals surface area (Å²) in [6, 6.07) is 7.39. The fourth-order valence-electron chi connectivity index (χ4n) is 8.28. The number of fused-ring (bicyclic) bond motifs is 3. The van der Waals surface area contributed by atoms with Crippen molar-refractivity contribution in [1.29, 1.82) is 0 Å². The first kappa shape index (κ1) is 30.9. The lowest BCUT2D eigenvalue weighted by molar-refractivity contribution is -0.305. The molecule has 2 aliphatic carbocycles. The van der Waals surface area contributed by atoms with E-state index in [1.54, 1.807) is 39.0 Å². The van der Waals surface area contributed by atoms with E-state index in [9.17, 15) is 24.9 Å². The molecule has 0 aromatic heterocycles. The van der Waals surface area contributed by atoms with Crippen LogP contribution in [-0.2, 0) is 19.1 Å². The molecule has 1 saturated carbocycles. The Morgan fingerprint density at radius 1 is 1.12 bits per heavy atom. The number of ether oxygens (including phenoxy) is 2. The number of Topliss-reactive ketones (excluding diaryl/α,β-unsaturated/α-hetero) is 1. The normalized spacial score (nSPS) is 38.6. The minimum absolute atomic E-state index is 0.0978. The summed E-state index contributed by atoms with van der Waals surface area (Å²) >= 11 is 0. The van der Waals surface area contributed by atoms with Gasteiger partial charge in [0, 0.05) is 13.0 Å². The van der Waals surface area contributed by atoms with Gasteiger partial charge in [0.1, 0.15) is 11.4 Å². The number of likely N-dealkylation sites (tertiary alicyclic amines) is 1. The third-order valence-electron chi connectivity index (χ3n) is 11.0. The zero-order valence-electron chi connectivity index (χ0n) is 25.7. The Hall–Kier alpha value is -2.52. The quantitative estimate of drug-likeness (QED) is 0.334. The maximum atomic E-state index is 14.0. The second-order valence-corrected chi connectivity index (χ2v) is 14.1. The van der Waals surface area contributed by atoms with E-state index in [4.69, 9.17) is 9.47 Å². The molecule has 3 N–H and O–H groups in total. The number of phenols is 1. The highest BCUT2D eigenvalue weighted by molar-refractivity contribution is 5.93. The van der Waals surface area contributed by atoms with Gasteiger partial charge in [-0.05, 0) is 94.6 Å². The highest BCUT2D eigenvalue weighted by atomic mass is 16.6. The van der Waals surface area contributed by atoms with Crippen LogP contribution in [0.15, 0.2) is 48.6 Å². The Bertz CT molecular complexity index is 1260. The van der Waals surface area contributed by atoms with Crippen molar-refractivity contribution in [3.63, 3.8) is 0 Å². The summed E-state index contributed by atoms with van der Waals surface area (Å²) in [6.07, 6.45) is 4.47. The zero-order chi connectivity index (χ0) is 30.7. The first-order valence-electron chi connectivity index (χ1n) is 15.3. The Balaban J connectivity index is 1.35. The Morgan fingerprint density at radius 2 is 1.76 bits per heavy atom. The number of nitrogens with zero attached hydrogens (tertiary/aromatic N) is 1. The highest BCUT2D eigenvalue weighted by Crippen LogP contribution is 2.64. The first-order valence-corrected chi connectivity index (χ1v) is 15.3. The largest absolute Gasteiger partial charge is 0.508 e. The molecule has 2 heterocycles. The van der Waals surface area contributed by atoms with Crippen LogP contribution in [0, 0.1) is 10.8 Å². The van der Waals surface area contributed by atoms with Gasteiger partial charge in [0.15, 0.2) is 17.5 Å². The van der Waals surface area contributed by atoms with Gasteiger partial charge in [-0.25, -0.2) is 0 Å². The summed E-state index contributed by atoms with van der Waals surface area (Å²) in [6.45, 7) is 15.3. The maximum Gasteiger partial charge on any atom is 0.307 e. The topological polar surface area (TPSA) is 117 Å². The Kier molecular flexibility index (Phi) is 7.79. The van der Waals surface area contributed by atoms with E-state index < -0.39 is 51.6 Å². The van der Waals surface area contributed by atoms with E-state index in [2.05, 4.69) is 11.5 Å². The molecule has 2 aliphatic heterocycles. The van der Waals surface area contributed by atoms with Crippen LogP contribution in [0.2, 0.25) is 0 Å². The van der Waals surface area contributed by atoms with Gasteiger partial charge in [-0.3, -0.25) is 9.59 Å². The Labute approximate surface area is 249 Å². The van der Waals surface area contributed by atoms with Gasteiger partial charge in [0.2, 0.25) is 0 Å². The van der Waals surface area contributed by atoms with Gasteiger partial charge < -0.3 is 29.7 Å². The zero-order valence-corrected chi connectivity index (χ0v) is 25.7. The number of carbonyl (C=O) groups is 2. The number of aliphatic hydroxyl groups is 2. The van der Waals surface area contributed by atoms with E-state index in [-0.39, 0.29) is 18.6 Å². The van der Waals surface area contributed by atoms with E-state index in [1.807, 2.05) is 32.1 Å². The van der Waals surface area contributed by atoms with Crippen LogP contribution in [0.4, 0.5) is 0 Å². The lowest BCUT2D eigenvalue weighted by Crippen LogP contribution is -2.81. The monoisotopic (exact) mass is 581 g/mol. The Morgan fingerprint density at radius 3 is 2.38 bits per heavy atom. The fourth-order valence-corrected chi connectivity index (χ4v) is 8.28. The van der Waals surface area contributed by atoms with Gasteiger partial charge in [-0.1, -0.05) is 37.6 Å². The number of aliphatic hydroxyl groups excluding tert-OH is 1. The summed E-state index contributed by atoms with van der Waals surface area (Å²) < 4.78 is 12.7. The van der Waals surface area contributed by atoms with E-state index in [0.717, 1.165) is 31.5 Å². The third kappa shape index (κ3) is 4.75. The minimum atomic E-state index is -2.12. The van der Waals surface area contributed by atoms with Gasteiger partial charge in [0.05, 0.1) is 23.5 Å². The summed E-state index contributed by atoms with van der Waals surface area (Å²) in [5.41, 5.74) is -4.64. The molecule has 42 heavy (non-hydrogen) atoms. The number of esters is 1. The van der Waals surface area contributed by atoms with Gasteiger partial charge in [-0.2, -0.15) is 0 Å². The summed E-state index contributed by atoms with van der Waals surface area (Å²) in [4.78, 5) is 29.6. The number of ketones is 1. The second kappa shape index (κ2) is 10.6. The summed E-state index contributed by atoms with van der Waals surface area (Å²) in [7, 11) is 0. The minimum Gasteiger partial charge on any atom is -0.508 e. The van der Waals surface area contributed by atoms with E-state index in [0.29, 0.717) is 25.3 Å². The lowest BCUT2D eigenvalue weighted by Gasteiger charge is -2.66. The van der Waals surface area contributed by atoms with Crippen molar-refractivity contribution >= 4 is 11.8 Å². The first-order chi connectivity index (χ1) is 19.6. The van der Waals surface area contributed by atoms with Crippen molar-refractivity contribution in [2.45, 2.75) is 108 Å². The molecule has 1 aromatic rings. The molecule has 0 bridgehead atoms. The number of carbonyl (C=O) groups excluding carboxylic acids is 2. The van der Waals surface area contributed by atoms with Crippen LogP contribution < -0.4 is 0 Å². The lowest BCUT2D eigenvalue weighted by atomic mass is 9.44. The molecule has 0 spiro atoms. The predicted molar refractivity (Wildman–Crippen MR) is 159 cm³/mol. The summed E-state index contributed by atoms with van der Waals surface area (Å²) in [5, 5.41) is 33.5. The number of piperidine rings is 1. The average Bonchev–Trinajstić information content (AvgIpc) is 2.94. The van der Waals surface area contributed by atoms with E-state index in [1.165, 1.54) is 5.56 Å². The standard InChI is InChI=1S/C34H47NO7/c1-7-31(4)21-27(38)34(40)32(5)25(30(2,3)16-12-26(32)37)20-28(33(34,6)42-31)41-29(39)15-19-35-17-13-23(14-18-35)22-8-10-24(36)11-9-22/h7-11,20,23,26,28,36-37,40H,1,12-19,21H2,2-6H3/t26-,28-,31-,32+,33+,34-/m0/s1. The number of phenolic OH excluding ortho intramolecular Hbond substituents is 1. The van der Waals surface area contributed by atoms with Gasteiger partial charge in [0.25, 0.3) is 0 Å². The fraction of sp³-hybridized carbons (Fsp3) is 0.647. The molecule has 2 saturated heterocycles. The molecule has 0 amide bonds. The molecule has 0 radical (unpaired) electrons. The van der Waals surface area contributed by atoms with Crippen LogP contribution >= 0.6 is 0 Å². The maximum absolute atomic E-state index is 14.0. The van der Waals surface area contributed by atoms with Gasteiger partial charge in [-0.15, -0.1) is 6.58 Å². The molecular weight excluding hydrogens is 534 g/mol. The number of aromatic hydroxyl groups is 1. The summed E-state index contributed by atoms with van der Waals surface area (Å²) in [5.74, 6) is -0.189. The second-order valence-electron chi connectivity index (χ2n) is 14.1. The number of benzene rings is 1. The molecule has 1 aromatic carbocycles. The van der Waals surface area contributed by atoms with Gasteiger partial charge >= 0.3 is 5.97 Å². The number of hydrogen-bond donors (Lipinski definition) is 3. The third-order valence-corrected chi connectivity index (χ3v) is 11.0. The van der Waals surface area contributed by atoms with Crippen LogP contribution in [0.1, 0.15) is 84.6 Å². The SMILES string of the molecule is C=C[C@@]1(C)CC(=O)[C@@]2(O)[C@](C)(O1)[C@@H](OC(=O)CCN1CCC(c3ccc(O)cc3)CC1)C=C1C(C)(C)CC[C@H](O)[C@@]12C. The van der Waals surface area contributed by atoms with Crippen molar-refractivity contribution in [3.8, 4) is 5.75 Å². The predicted octanol–water partition coefficient (Wildman–Crippen LogP) is 4.42. The number of rotatable bonds is 6. The molecule has 0 unspecified atom stereocenters.